The lowest BCUT2D eigenvalue weighted by atomic mass is 9.86. The van der Waals surface area contributed by atoms with Gasteiger partial charge in [-0.25, -0.2) is 4.79 Å². The number of carbonyl (C=O) groups is 2. The summed E-state index contributed by atoms with van der Waals surface area (Å²) in [6, 6.07) is 15.9. The van der Waals surface area contributed by atoms with Gasteiger partial charge in [0.1, 0.15) is 11.3 Å². The van der Waals surface area contributed by atoms with Gasteiger partial charge in [0.15, 0.2) is 0 Å². The highest BCUT2D eigenvalue weighted by atomic mass is 32.2. The molecular weight excluding hydrogens is 410 g/mol. The Kier molecular flexibility index (Phi) is 6.25. The molecule has 1 spiro atoms. The fourth-order valence-corrected chi connectivity index (χ4v) is 4.93. The summed E-state index contributed by atoms with van der Waals surface area (Å²) in [5.74, 6) is 0.687. The van der Waals surface area contributed by atoms with E-state index in [1.54, 1.807) is 30.8 Å². The van der Waals surface area contributed by atoms with Crippen LogP contribution in [-0.2, 0) is 17.9 Å². The van der Waals surface area contributed by atoms with Gasteiger partial charge in [0.05, 0.1) is 13.7 Å². The van der Waals surface area contributed by atoms with Gasteiger partial charge in [-0.15, -0.1) is 11.8 Å². The Morgan fingerprint density at radius 1 is 0.935 bits per heavy atom. The number of methoxy groups -OCH3 is 1. The van der Waals surface area contributed by atoms with E-state index in [1.165, 1.54) is 15.4 Å². The van der Waals surface area contributed by atoms with Gasteiger partial charge in [0, 0.05) is 31.6 Å². The molecule has 0 atom stereocenters. The zero-order valence-electron chi connectivity index (χ0n) is 18.3. The van der Waals surface area contributed by atoms with E-state index in [0.29, 0.717) is 19.4 Å². The Bertz CT molecular complexity index is 938. The number of likely N-dealkylation sites (N-methyl/N-ethyl adjacent to an activating group) is 1. The zero-order valence-corrected chi connectivity index (χ0v) is 19.2. The number of imide groups is 1. The van der Waals surface area contributed by atoms with Crippen LogP contribution < -0.4 is 4.74 Å². The van der Waals surface area contributed by atoms with E-state index < -0.39 is 5.54 Å². The Balaban J connectivity index is 1.41. The number of hydrogen-bond acceptors (Lipinski definition) is 5. The third-order valence-corrected chi connectivity index (χ3v) is 7.29. The van der Waals surface area contributed by atoms with Crippen LogP contribution in [0, 0.1) is 0 Å². The van der Waals surface area contributed by atoms with Crippen molar-refractivity contribution in [2.24, 2.45) is 0 Å². The van der Waals surface area contributed by atoms with Gasteiger partial charge in [-0.3, -0.25) is 14.6 Å². The van der Waals surface area contributed by atoms with Crippen LogP contribution in [0.2, 0.25) is 0 Å². The first-order valence-corrected chi connectivity index (χ1v) is 11.8. The van der Waals surface area contributed by atoms with Crippen molar-refractivity contribution in [2.75, 3.05) is 33.5 Å². The summed E-state index contributed by atoms with van der Waals surface area (Å²) in [7, 11) is 3.39. The summed E-state index contributed by atoms with van der Waals surface area (Å²) >= 11 is 1.74. The first kappa shape index (κ1) is 21.7. The van der Waals surface area contributed by atoms with Crippen LogP contribution >= 0.6 is 11.8 Å². The number of piperidine rings is 1. The minimum atomic E-state index is -0.719. The van der Waals surface area contributed by atoms with Gasteiger partial charge >= 0.3 is 6.03 Å². The fraction of sp³-hybridized carbons (Fsp3) is 0.417. The van der Waals surface area contributed by atoms with Gasteiger partial charge < -0.3 is 9.64 Å². The molecule has 0 N–H and O–H groups in total. The van der Waals surface area contributed by atoms with Crippen molar-refractivity contribution in [1.82, 2.24) is 14.7 Å². The molecule has 2 aromatic carbocycles. The minimum Gasteiger partial charge on any atom is -0.497 e. The first-order chi connectivity index (χ1) is 15.0. The highest BCUT2D eigenvalue weighted by molar-refractivity contribution is 7.98. The number of nitrogens with zero attached hydrogens (tertiary/aromatic N) is 3. The van der Waals surface area contributed by atoms with Crippen molar-refractivity contribution in [3.05, 3.63) is 59.7 Å². The van der Waals surface area contributed by atoms with Crippen LogP contribution in [0.25, 0.3) is 0 Å². The van der Waals surface area contributed by atoms with Crippen molar-refractivity contribution >= 4 is 23.7 Å². The second kappa shape index (κ2) is 8.93. The molecule has 164 valence electrons. The Hall–Kier alpha value is -2.51. The monoisotopic (exact) mass is 439 g/mol. The van der Waals surface area contributed by atoms with E-state index in [4.69, 9.17) is 4.74 Å². The minimum absolute atomic E-state index is 0.0696. The zero-order chi connectivity index (χ0) is 22.0. The average Bonchev–Trinajstić information content (AvgIpc) is 2.98. The van der Waals surface area contributed by atoms with Gasteiger partial charge in [-0.05, 0) is 54.5 Å². The maximum Gasteiger partial charge on any atom is 0.327 e. The third-order valence-electron chi connectivity index (χ3n) is 6.55. The van der Waals surface area contributed by atoms with Crippen molar-refractivity contribution in [2.45, 2.75) is 36.4 Å². The smallest absolute Gasteiger partial charge is 0.327 e. The molecule has 0 aromatic heterocycles. The molecule has 0 saturated carbocycles. The van der Waals surface area contributed by atoms with Gasteiger partial charge in [0.2, 0.25) is 0 Å². The summed E-state index contributed by atoms with van der Waals surface area (Å²) in [5, 5.41) is 0. The van der Waals surface area contributed by atoms with E-state index in [2.05, 4.69) is 35.4 Å². The lowest BCUT2D eigenvalue weighted by Crippen LogP contribution is -2.55. The Morgan fingerprint density at radius 2 is 1.52 bits per heavy atom. The van der Waals surface area contributed by atoms with Crippen molar-refractivity contribution in [3.8, 4) is 5.75 Å². The van der Waals surface area contributed by atoms with Crippen LogP contribution in [0.4, 0.5) is 4.79 Å². The number of rotatable bonds is 6. The van der Waals surface area contributed by atoms with Crippen LogP contribution in [0.15, 0.2) is 53.4 Å². The molecule has 2 aliphatic heterocycles. The maximum absolute atomic E-state index is 13.4. The van der Waals surface area contributed by atoms with E-state index >= 15 is 0 Å². The quantitative estimate of drug-likeness (QED) is 0.506. The summed E-state index contributed by atoms with van der Waals surface area (Å²) < 4.78 is 5.19. The number of carbonyl (C=O) groups excluding carboxylic acids is 2. The molecule has 2 fully saturated rings. The topological polar surface area (TPSA) is 53.1 Å². The number of amides is 3. The maximum atomic E-state index is 13.4. The fourth-order valence-electron chi connectivity index (χ4n) is 4.52. The summed E-state index contributed by atoms with van der Waals surface area (Å²) in [5.41, 5.74) is 1.47. The van der Waals surface area contributed by atoms with Gasteiger partial charge in [0.25, 0.3) is 5.91 Å². The van der Waals surface area contributed by atoms with E-state index in [9.17, 15) is 9.59 Å². The van der Waals surface area contributed by atoms with Gasteiger partial charge in [-0.2, -0.15) is 0 Å². The second-order valence-electron chi connectivity index (χ2n) is 8.24. The molecular formula is C24H29N3O3S. The van der Waals surface area contributed by atoms with Crippen LogP contribution in [0.3, 0.4) is 0 Å². The van der Waals surface area contributed by atoms with E-state index in [0.717, 1.165) is 30.9 Å². The first-order valence-electron chi connectivity index (χ1n) is 10.5. The number of likely N-dealkylation sites (tertiary alicyclic amines) is 1. The highest BCUT2D eigenvalue weighted by Crippen LogP contribution is 2.37. The molecule has 31 heavy (non-hydrogen) atoms. The van der Waals surface area contributed by atoms with E-state index in [-0.39, 0.29) is 11.9 Å². The number of ether oxygens (including phenoxy) is 1. The van der Waals surface area contributed by atoms with Crippen molar-refractivity contribution < 1.29 is 14.3 Å². The largest absolute Gasteiger partial charge is 0.497 e. The Morgan fingerprint density at radius 3 is 2.10 bits per heavy atom. The van der Waals surface area contributed by atoms with E-state index in [1.807, 2.05) is 24.3 Å². The third kappa shape index (κ3) is 4.16. The molecule has 0 bridgehead atoms. The summed E-state index contributed by atoms with van der Waals surface area (Å²) in [4.78, 5) is 33.0. The molecule has 2 aromatic rings. The molecule has 0 radical (unpaired) electrons. The molecule has 0 aliphatic carbocycles. The van der Waals surface area contributed by atoms with Crippen LogP contribution in [0.5, 0.6) is 5.75 Å². The normalized spacial score (nSPS) is 18.8. The van der Waals surface area contributed by atoms with Crippen molar-refractivity contribution in [1.29, 1.82) is 0 Å². The second-order valence-corrected chi connectivity index (χ2v) is 9.12. The van der Waals surface area contributed by atoms with Gasteiger partial charge in [-0.1, -0.05) is 24.3 Å². The number of thioether (sulfide) groups is 1. The Labute approximate surface area is 188 Å². The lowest BCUT2D eigenvalue weighted by molar-refractivity contribution is -0.135. The number of benzene rings is 2. The highest BCUT2D eigenvalue weighted by Gasteiger charge is 2.56. The van der Waals surface area contributed by atoms with Crippen LogP contribution in [-0.4, -0.2) is 65.7 Å². The van der Waals surface area contributed by atoms with Crippen molar-refractivity contribution in [3.63, 3.8) is 0 Å². The number of hydrogen-bond donors (Lipinski definition) is 0. The molecule has 0 unspecified atom stereocenters. The summed E-state index contributed by atoms with van der Waals surface area (Å²) in [6.07, 6.45) is 3.40. The molecule has 3 amide bonds. The summed E-state index contributed by atoms with van der Waals surface area (Å²) in [6.45, 7) is 2.75. The number of urea groups is 1. The predicted molar refractivity (Wildman–Crippen MR) is 122 cm³/mol. The average molecular weight is 440 g/mol. The molecule has 2 aliphatic rings. The van der Waals surface area contributed by atoms with Crippen LogP contribution in [0.1, 0.15) is 24.0 Å². The SMILES string of the molecule is COc1ccc(CN2C(=O)N(C)C3(CCN(Cc4ccc(SC)cc4)CC3)C2=O)cc1. The molecule has 4 rings (SSSR count). The standard InChI is InChI=1S/C24H29N3O3S/c1-25-23(29)27(17-19-4-8-20(30-2)9-5-19)22(28)24(25)12-14-26(15-13-24)16-18-6-10-21(31-3)11-7-18/h4-11H,12-17H2,1-3H3. The predicted octanol–water partition coefficient (Wildman–Crippen LogP) is 3.85. The molecule has 6 nitrogen and oxygen atoms in total. The lowest BCUT2D eigenvalue weighted by Gasteiger charge is -2.40. The molecule has 2 saturated heterocycles. The molecule has 2 heterocycles. The molecule has 7 heteroatoms.